The van der Waals surface area contributed by atoms with Crippen molar-refractivity contribution in [2.45, 2.75) is 51.0 Å². The van der Waals surface area contributed by atoms with E-state index in [-0.39, 0.29) is 17.2 Å². The van der Waals surface area contributed by atoms with Crippen LogP contribution in [0.3, 0.4) is 0 Å². The molecule has 0 aliphatic carbocycles. The van der Waals surface area contributed by atoms with Gasteiger partial charge in [0.15, 0.2) is 0 Å². The first-order valence-corrected chi connectivity index (χ1v) is 10.1. The highest BCUT2D eigenvalue weighted by atomic mass is 16.6. The van der Waals surface area contributed by atoms with Crippen LogP contribution in [0.4, 0.5) is 11.4 Å². The molecule has 0 amide bonds. The second-order valence-corrected chi connectivity index (χ2v) is 7.67. The largest absolute Gasteiger partial charge is 0.465 e. The predicted octanol–water partition coefficient (Wildman–Crippen LogP) is 3.08. The average molecular weight is 399 g/mol. The first-order chi connectivity index (χ1) is 14.1. The summed E-state index contributed by atoms with van der Waals surface area (Å²) >= 11 is 0. The van der Waals surface area contributed by atoms with Gasteiger partial charge in [-0.1, -0.05) is 6.42 Å². The number of hydrogen-bond donors (Lipinski definition) is 0. The highest BCUT2D eigenvalue weighted by Gasteiger charge is 2.29. The number of rotatable bonds is 4. The van der Waals surface area contributed by atoms with E-state index in [1.54, 1.807) is 12.1 Å². The highest BCUT2D eigenvalue weighted by molar-refractivity contribution is 5.95. The summed E-state index contributed by atoms with van der Waals surface area (Å²) in [6.45, 7) is 2.55. The molecular formula is C20H25N5O4. The third-order valence-electron chi connectivity index (χ3n) is 5.87. The molecule has 1 aromatic carbocycles. The predicted molar refractivity (Wildman–Crippen MR) is 106 cm³/mol. The smallest absolute Gasteiger partial charge is 0.344 e. The number of piperidine rings is 1. The van der Waals surface area contributed by atoms with Crippen molar-refractivity contribution in [3.8, 4) is 0 Å². The number of aromatic nitrogens is 3. The van der Waals surface area contributed by atoms with Crippen LogP contribution >= 0.6 is 0 Å². The average Bonchev–Trinajstić information content (AvgIpc) is 3.01. The Kier molecular flexibility index (Phi) is 5.46. The molecule has 0 N–H and O–H groups in total. The molecule has 9 nitrogen and oxygen atoms in total. The van der Waals surface area contributed by atoms with Crippen LogP contribution in [-0.2, 0) is 17.7 Å². The van der Waals surface area contributed by atoms with Crippen LogP contribution in [0.25, 0.3) is 0 Å². The third-order valence-corrected chi connectivity index (χ3v) is 5.87. The number of methoxy groups -OCH3 is 1. The monoisotopic (exact) mass is 399 g/mol. The maximum atomic E-state index is 12.1. The van der Waals surface area contributed by atoms with Crippen LogP contribution in [0.1, 0.15) is 60.0 Å². The van der Waals surface area contributed by atoms with Gasteiger partial charge in [-0.05, 0) is 37.8 Å². The SMILES string of the molecule is COC(=O)c1cc(N2CCCC(c3nnc4n3CCCCC4)C2)ccc1[N+](=O)[O-]. The molecule has 1 atom stereocenters. The third kappa shape index (κ3) is 3.81. The lowest BCUT2D eigenvalue weighted by atomic mass is 9.96. The fourth-order valence-electron chi connectivity index (χ4n) is 4.39. The minimum Gasteiger partial charge on any atom is -0.465 e. The van der Waals surface area contributed by atoms with Crippen molar-refractivity contribution in [1.29, 1.82) is 0 Å². The second-order valence-electron chi connectivity index (χ2n) is 7.67. The molecular weight excluding hydrogens is 374 g/mol. The van der Waals surface area contributed by atoms with Gasteiger partial charge in [0.05, 0.1) is 12.0 Å². The lowest BCUT2D eigenvalue weighted by Gasteiger charge is -2.34. The van der Waals surface area contributed by atoms with Gasteiger partial charge < -0.3 is 14.2 Å². The maximum Gasteiger partial charge on any atom is 0.344 e. The molecule has 1 aromatic heterocycles. The van der Waals surface area contributed by atoms with Gasteiger partial charge in [-0.15, -0.1) is 10.2 Å². The number of nitrogens with zero attached hydrogens (tertiary/aromatic N) is 5. The quantitative estimate of drug-likeness (QED) is 0.442. The molecule has 0 saturated carbocycles. The molecule has 154 valence electrons. The highest BCUT2D eigenvalue weighted by Crippen LogP contribution is 2.32. The summed E-state index contributed by atoms with van der Waals surface area (Å²) in [6.07, 6.45) is 6.53. The Morgan fingerprint density at radius 2 is 2.07 bits per heavy atom. The van der Waals surface area contributed by atoms with Crippen LogP contribution < -0.4 is 4.90 Å². The molecule has 1 unspecified atom stereocenters. The van der Waals surface area contributed by atoms with Crippen LogP contribution in [0.15, 0.2) is 18.2 Å². The molecule has 3 heterocycles. The van der Waals surface area contributed by atoms with Gasteiger partial charge in [-0.25, -0.2) is 4.79 Å². The molecule has 9 heteroatoms. The Morgan fingerprint density at radius 3 is 2.86 bits per heavy atom. The van der Waals surface area contributed by atoms with E-state index in [1.807, 2.05) is 0 Å². The molecule has 1 fully saturated rings. The summed E-state index contributed by atoms with van der Waals surface area (Å²) in [5.41, 5.74) is 0.529. The number of anilines is 1. The van der Waals surface area contributed by atoms with Gasteiger partial charge >= 0.3 is 5.97 Å². The van der Waals surface area contributed by atoms with Crippen molar-refractivity contribution in [3.63, 3.8) is 0 Å². The minimum atomic E-state index is -0.699. The van der Waals surface area contributed by atoms with E-state index < -0.39 is 10.9 Å². The Hall–Kier alpha value is -2.97. The lowest BCUT2D eigenvalue weighted by Crippen LogP contribution is -2.35. The number of aryl methyl sites for hydroxylation is 1. The first kappa shape index (κ1) is 19.4. The van der Waals surface area contributed by atoms with Gasteiger partial charge in [0, 0.05) is 43.7 Å². The first-order valence-electron chi connectivity index (χ1n) is 10.1. The normalized spacial score (nSPS) is 19.3. The van der Waals surface area contributed by atoms with E-state index in [4.69, 9.17) is 4.74 Å². The van der Waals surface area contributed by atoms with E-state index in [2.05, 4.69) is 19.7 Å². The van der Waals surface area contributed by atoms with E-state index in [9.17, 15) is 14.9 Å². The molecule has 29 heavy (non-hydrogen) atoms. The lowest BCUT2D eigenvalue weighted by molar-refractivity contribution is -0.385. The molecule has 1 saturated heterocycles. The van der Waals surface area contributed by atoms with Crippen molar-refractivity contribution in [2.24, 2.45) is 0 Å². The number of benzene rings is 1. The van der Waals surface area contributed by atoms with E-state index in [0.717, 1.165) is 69.1 Å². The van der Waals surface area contributed by atoms with Crippen LogP contribution in [-0.4, -0.2) is 45.9 Å². The van der Waals surface area contributed by atoms with E-state index in [1.165, 1.54) is 19.6 Å². The number of ether oxygens (including phenoxy) is 1. The van der Waals surface area contributed by atoms with Crippen molar-refractivity contribution in [1.82, 2.24) is 14.8 Å². The Balaban J connectivity index is 1.60. The number of hydrogen-bond acceptors (Lipinski definition) is 7. The van der Waals surface area contributed by atoms with Gasteiger partial charge in [0.1, 0.15) is 17.2 Å². The zero-order valence-corrected chi connectivity index (χ0v) is 16.5. The van der Waals surface area contributed by atoms with Gasteiger partial charge in [-0.3, -0.25) is 10.1 Å². The number of nitro benzene ring substituents is 1. The van der Waals surface area contributed by atoms with Crippen molar-refractivity contribution >= 4 is 17.3 Å². The van der Waals surface area contributed by atoms with Crippen molar-refractivity contribution in [3.05, 3.63) is 45.5 Å². The van der Waals surface area contributed by atoms with Crippen LogP contribution in [0, 0.1) is 10.1 Å². The summed E-state index contributed by atoms with van der Waals surface area (Å²) in [4.78, 5) is 24.9. The van der Waals surface area contributed by atoms with Gasteiger partial charge in [0.25, 0.3) is 5.69 Å². The summed E-state index contributed by atoms with van der Waals surface area (Å²) < 4.78 is 7.03. The second kappa shape index (κ2) is 8.18. The topological polar surface area (TPSA) is 103 Å². The van der Waals surface area contributed by atoms with Crippen molar-refractivity contribution < 1.29 is 14.5 Å². The summed E-state index contributed by atoms with van der Waals surface area (Å²) in [7, 11) is 1.23. The Morgan fingerprint density at radius 1 is 1.21 bits per heavy atom. The minimum absolute atomic E-state index is 0.0199. The number of nitro groups is 1. The molecule has 0 spiro atoms. The van der Waals surface area contributed by atoms with Crippen LogP contribution in [0.5, 0.6) is 0 Å². The number of carbonyl (C=O) groups is 1. The van der Waals surface area contributed by atoms with E-state index >= 15 is 0 Å². The van der Waals surface area contributed by atoms with Gasteiger partial charge in [0.2, 0.25) is 0 Å². The Bertz CT molecular complexity index is 926. The molecule has 2 aliphatic rings. The molecule has 0 radical (unpaired) electrons. The molecule has 0 bridgehead atoms. The summed E-state index contributed by atoms with van der Waals surface area (Å²) in [6, 6.07) is 4.66. The van der Waals surface area contributed by atoms with Gasteiger partial charge in [-0.2, -0.15) is 0 Å². The summed E-state index contributed by atoms with van der Waals surface area (Å²) in [5.74, 6) is 1.68. The summed E-state index contributed by atoms with van der Waals surface area (Å²) in [5, 5.41) is 20.2. The fraction of sp³-hybridized carbons (Fsp3) is 0.550. The number of fused-ring (bicyclic) bond motifs is 1. The number of esters is 1. The van der Waals surface area contributed by atoms with Crippen molar-refractivity contribution in [2.75, 3.05) is 25.1 Å². The standard InChI is InChI=1S/C20H25N5O4/c1-29-20(26)16-12-15(8-9-17(16)25(27)28)23-10-5-6-14(13-23)19-22-21-18-7-3-2-4-11-24(18)19/h8-9,12,14H,2-7,10-11,13H2,1H3. The molecule has 4 rings (SSSR count). The fourth-order valence-corrected chi connectivity index (χ4v) is 4.39. The van der Waals surface area contributed by atoms with E-state index in [0.29, 0.717) is 0 Å². The van der Waals surface area contributed by atoms with Crippen LogP contribution in [0.2, 0.25) is 0 Å². The molecule has 2 aromatic rings. The zero-order valence-electron chi connectivity index (χ0n) is 16.5. The zero-order chi connectivity index (χ0) is 20.4. The Labute approximate surface area is 168 Å². The number of carbonyl (C=O) groups excluding carboxylic acids is 1. The maximum absolute atomic E-state index is 12.1. The molecule has 2 aliphatic heterocycles.